The van der Waals surface area contributed by atoms with Gasteiger partial charge < -0.3 is 15.1 Å². The third-order valence-corrected chi connectivity index (χ3v) is 3.96. The van der Waals surface area contributed by atoms with E-state index in [1.807, 2.05) is 27.7 Å². The fraction of sp³-hybridized carbons (Fsp3) is 1.00. The molecule has 0 atom stereocenters. The van der Waals surface area contributed by atoms with Crippen LogP contribution in [0.15, 0.2) is 0 Å². The molecule has 1 saturated heterocycles. The van der Waals surface area contributed by atoms with Gasteiger partial charge in [-0.05, 0) is 40.5 Å². The molecule has 84 valence electrons. The lowest BCUT2D eigenvalue weighted by atomic mass is 9.82. The second-order valence-corrected chi connectivity index (χ2v) is 7.45. The summed E-state index contributed by atoms with van der Waals surface area (Å²) < 4.78 is 11.2. The van der Waals surface area contributed by atoms with Gasteiger partial charge in [0.2, 0.25) is 0 Å². The van der Waals surface area contributed by atoms with Crippen LogP contribution in [0.4, 0.5) is 0 Å². The summed E-state index contributed by atoms with van der Waals surface area (Å²) in [4.78, 5) is 18.4. The molecular weight excluding hydrogens is 201 g/mol. The molecule has 0 aromatic heterocycles. The Morgan fingerprint density at radius 1 is 1.14 bits per heavy atom. The molecule has 0 aliphatic carbocycles. The molecule has 0 unspecified atom stereocenters. The average molecular weight is 221 g/mol. The molecule has 0 spiro atoms. The number of piperidine rings is 1. The first kappa shape index (κ1) is 12.2. The van der Waals surface area contributed by atoms with Crippen LogP contribution in [0.2, 0.25) is 0 Å². The molecule has 1 rings (SSSR count). The lowest BCUT2D eigenvalue weighted by Crippen LogP contribution is -2.59. The summed E-state index contributed by atoms with van der Waals surface area (Å²) >= 11 is 0. The number of hydrogen-bond acceptors (Lipinski definition) is 2. The van der Waals surface area contributed by atoms with Gasteiger partial charge in [0.15, 0.2) is 0 Å². The zero-order valence-corrected chi connectivity index (χ0v) is 10.1. The summed E-state index contributed by atoms with van der Waals surface area (Å²) in [6, 6.07) is 0. The molecule has 1 aliphatic rings. The second kappa shape index (κ2) is 3.31. The summed E-state index contributed by atoms with van der Waals surface area (Å²) in [5.41, 5.74) is -0.908. The van der Waals surface area contributed by atoms with Gasteiger partial charge in [-0.15, -0.1) is 0 Å². The maximum absolute atomic E-state index is 11.2. The summed E-state index contributed by atoms with van der Waals surface area (Å²) in [5, 5.41) is 3.39. The van der Waals surface area contributed by atoms with Crippen molar-refractivity contribution in [2.45, 2.75) is 57.3 Å². The van der Waals surface area contributed by atoms with Crippen LogP contribution in [0.1, 0.15) is 40.5 Å². The maximum Gasteiger partial charge on any atom is 0.328 e. The molecule has 0 aromatic carbocycles. The van der Waals surface area contributed by atoms with E-state index in [2.05, 4.69) is 5.32 Å². The summed E-state index contributed by atoms with van der Waals surface area (Å²) in [6.45, 7) is 7.93. The van der Waals surface area contributed by atoms with Crippen molar-refractivity contribution < 1.29 is 14.4 Å². The van der Waals surface area contributed by atoms with Crippen molar-refractivity contribution in [2.24, 2.45) is 0 Å². The van der Waals surface area contributed by atoms with Crippen LogP contribution in [0.5, 0.6) is 0 Å². The highest BCUT2D eigenvalue weighted by atomic mass is 31.2. The van der Waals surface area contributed by atoms with Gasteiger partial charge in [-0.25, -0.2) is 0 Å². The maximum atomic E-state index is 11.2. The van der Waals surface area contributed by atoms with Crippen LogP contribution in [0.25, 0.3) is 0 Å². The molecule has 1 heterocycles. The first-order valence-corrected chi connectivity index (χ1v) is 6.55. The first-order valence-electron chi connectivity index (χ1n) is 4.86. The van der Waals surface area contributed by atoms with Gasteiger partial charge in [0.05, 0.1) is 5.66 Å². The highest BCUT2D eigenvalue weighted by Gasteiger charge is 2.44. The summed E-state index contributed by atoms with van der Waals surface area (Å²) in [5.74, 6) is 0. The molecule has 0 bridgehead atoms. The van der Waals surface area contributed by atoms with E-state index in [9.17, 15) is 14.4 Å². The largest absolute Gasteiger partial charge is 0.328 e. The van der Waals surface area contributed by atoms with E-state index in [-0.39, 0.29) is 11.1 Å². The zero-order chi connectivity index (χ0) is 11.2. The van der Waals surface area contributed by atoms with Crippen LogP contribution in [0.3, 0.4) is 0 Å². The molecule has 0 amide bonds. The average Bonchev–Trinajstić information content (AvgIpc) is 1.76. The minimum Gasteiger partial charge on any atom is -0.324 e. The van der Waals surface area contributed by atoms with Crippen molar-refractivity contribution in [2.75, 3.05) is 0 Å². The van der Waals surface area contributed by atoms with Crippen molar-refractivity contribution in [1.29, 1.82) is 0 Å². The standard InChI is InChI=1S/C9H20NO3P/c1-8(2)5-7(14(11,12)13)6-9(3,4)10-8/h7,10H,5-6H2,1-4H3,(H2,11,12,13). The van der Waals surface area contributed by atoms with Crippen molar-refractivity contribution in [3.63, 3.8) is 0 Å². The number of hydrogen-bond donors (Lipinski definition) is 3. The van der Waals surface area contributed by atoms with E-state index in [0.29, 0.717) is 12.8 Å². The molecule has 0 radical (unpaired) electrons. The lowest BCUT2D eigenvalue weighted by Gasteiger charge is -2.46. The molecule has 0 saturated carbocycles. The zero-order valence-electron chi connectivity index (χ0n) is 9.24. The van der Waals surface area contributed by atoms with Crippen LogP contribution in [0, 0.1) is 0 Å². The van der Waals surface area contributed by atoms with E-state index in [4.69, 9.17) is 0 Å². The third-order valence-electron chi connectivity index (χ3n) is 2.64. The molecule has 14 heavy (non-hydrogen) atoms. The highest BCUT2D eigenvalue weighted by molar-refractivity contribution is 7.52. The van der Waals surface area contributed by atoms with E-state index in [1.54, 1.807) is 0 Å². The first-order chi connectivity index (χ1) is 6.02. The van der Waals surface area contributed by atoms with Gasteiger partial charge in [0.25, 0.3) is 0 Å². The van der Waals surface area contributed by atoms with Crippen LogP contribution in [-0.2, 0) is 4.57 Å². The number of nitrogens with one attached hydrogen (secondary N) is 1. The predicted molar refractivity (Wildman–Crippen MR) is 56.4 cm³/mol. The van der Waals surface area contributed by atoms with Crippen molar-refractivity contribution >= 4 is 7.60 Å². The van der Waals surface area contributed by atoms with Crippen molar-refractivity contribution in [3.05, 3.63) is 0 Å². The van der Waals surface area contributed by atoms with Gasteiger partial charge in [-0.1, -0.05) is 0 Å². The van der Waals surface area contributed by atoms with Gasteiger partial charge in [-0.3, -0.25) is 4.57 Å². The Morgan fingerprint density at radius 3 is 1.79 bits per heavy atom. The fourth-order valence-corrected chi connectivity index (χ4v) is 3.89. The summed E-state index contributed by atoms with van der Waals surface area (Å²) in [6.07, 6.45) is 1.06. The Kier molecular flexibility index (Phi) is 2.88. The third kappa shape index (κ3) is 3.06. The highest BCUT2D eigenvalue weighted by Crippen LogP contribution is 2.50. The Hall–Kier alpha value is 0.110. The molecule has 1 fully saturated rings. The van der Waals surface area contributed by atoms with E-state index < -0.39 is 13.3 Å². The SMILES string of the molecule is CC1(C)CC(P(=O)(O)O)CC(C)(C)N1. The minimum atomic E-state index is -3.94. The van der Waals surface area contributed by atoms with Crippen LogP contribution in [-0.4, -0.2) is 26.5 Å². The monoisotopic (exact) mass is 221 g/mol. The molecule has 1 aliphatic heterocycles. The molecule has 4 nitrogen and oxygen atoms in total. The van der Waals surface area contributed by atoms with Crippen molar-refractivity contribution in [3.8, 4) is 0 Å². The quantitative estimate of drug-likeness (QED) is 0.586. The van der Waals surface area contributed by atoms with Gasteiger partial charge in [0, 0.05) is 11.1 Å². The van der Waals surface area contributed by atoms with Crippen LogP contribution >= 0.6 is 7.60 Å². The fourth-order valence-electron chi connectivity index (χ4n) is 2.51. The summed E-state index contributed by atoms with van der Waals surface area (Å²) in [7, 11) is -3.94. The lowest BCUT2D eigenvalue weighted by molar-refractivity contribution is 0.172. The van der Waals surface area contributed by atoms with E-state index in [0.717, 1.165) is 0 Å². The Balaban J connectivity index is 2.88. The van der Waals surface area contributed by atoms with Crippen LogP contribution < -0.4 is 5.32 Å². The molecule has 3 N–H and O–H groups in total. The minimum absolute atomic E-state index is 0.201. The predicted octanol–water partition coefficient (Wildman–Crippen LogP) is 1.47. The molecular formula is C9H20NO3P. The smallest absolute Gasteiger partial charge is 0.324 e. The Morgan fingerprint density at radius 2 is 1.50 bits per heavy atom. The normalized spacial score (nSPS) is 27.6. The Labute approximate surface area is 85.3 Å². The van der Waals surface area contributed by atoms with E-state index in [1.165, 1.54) is 0 Å². The molecule has 5 heteroatoms. The van der Waals surface area contributed by atoms with Crippen molar-refractivity contribution in [1.82, 2.24) is 5.32 Å². The van der Waals surface area contributed by atoms with Gasteiger partial charge in [-0.2, -0.15) is 0 Å². The second-order valence-electron chi connectivity index (χ2n) is 5.54. The van der Waals surface area contributed by atoms with Gasteiger partial charge >= 0.3 is 7.60 Å². The molecule has 0 aromatic rings. The van der Waals surface area contributed by atoms with Gasteiger partial charge in [0.1, 0.15) is 0 Å². The Bertz CT molecular complexity index is 253. The number of rotatable bonds is 1. The van der Waals surface area contributed by atoms with E-state index >= 15 is 0 Å². The topological polar surface area (TPSA) is 69.6 Å².